The van der Waals surface area contributed by atoms with E-state index in [0.29, 0.717) is 12.0 Å². The zero-order valence-electron chi connectivity index (χ0n) is 20.4. The van der Waals surface area contributed by atoms with Crippen LogP contribution in [-0.4, -0.2) is 18.9 Å². The van der Waals surface area contributed by atoms with Crippen molar-refractivity contribution in [2.24, 2.45) is 0 Å². The summed E-state index contributed by atoms with van der Waals surface area (Å²) in [5.41, 5.74) is 7.04. The lowest BCUT2D eigenvalue weighted by molar-refractivity contribution is 0.0600. The van der Waals surface area contributed by atoms with Crippen molar-refractivity contribution in [2.45, 2.75) is 77.0 Å². The summed E-state index contributed by atoms with van der Waals surface area (Å²) in [7, 11) is 1.37. The zero-order valence-corrected chi connectivity index (χ0v) is 20.4. The highest BCUT2D eigenvalue weighted by molar-refractivity contribution is 6.14. The predicted octanol–water partition coefficient (Wildman–Crippen LogP) is 6.77. The first-order valence-corrected chi connectivity index (χ1v) is 11.5. The lowest BCUT2D eigenvalue weighted by Crippen LogP contribution is -2.37. The Labute approximate surface area is 191 Å². The van der Waals surface area contributed by atoms with E-state index in [2.05, 4.69) is 53.7 Å². The molecule has 0 aromatic heterocycles. The van der Waals surface area contributed by atoms with Crippen molar-refractivity contribution < 1.29 is 14.3 Å². The van der Waals surface area contributed by atoms with Gasteiger partial charge in [0.15, 0.2) is 5.78 Å². The fourth-order valence-electron chi connectivity index (χ4n) is 5.34. The Morgan fingerprint density at radius 1 is 0.844 bits per heavy atom. The molecule has 3 heteroatoms. The first kappa shape index (κ1) is 22.5. The van der Waals surface area contributed by atoms with E-state index in [1.807, 2.05) is 18.2 Å². The summed E-state index contributed by atoms with van der Waals surface area (Å²) in [6.45, 7) is 13.7. The van der Waals surface area contributed by atoms with Gasteiger partial charge < -0.3 is 4.74 Å². The molecule has 2 aliphatic carbocycles. The van der Waals surface area contributed by atoms with Crippen LogP contribution in [0.2, 0.25) is 0 Å². The van der Waals surface area contributed by atoms with Gasteiger partial charge >= 0.3 is 5.97 Å². The largest absolute Gasteiger partial charge is 0.465 e. The van der Waals surface area contributed by atoms with Gasteiger partial charge in [-0.25, -0.2) is 4.79 Å². The fraction of sp³-hybridized carbons (Fsp3) is 0.448. The van der Waals surface area contributed by atoms with Crippen molar-refractivity contribution in [3.05, 3.63) is 75.4 Å². The molecule has 2 aromatic carbocycles. The number of esters is 1. The lowest BCUT2D eigenvalue weighted by atomic mass is 9.60. The molecule has 0 heterocycles. The molecule has 168 valence electrons. The molecule has 0 amide bonds. The molecular weight excluding hydrogens is 396 g/mol. The monoisotopic (exact) mass is 430 g/mol. The van der Waals surface area contributed by atoms with E-state index >= 15 is 0 Å². The van der Waals surface area contributed by atoms with Crippen LogP contribution >= 0.6 is 0 Å². The molecule has 0 N–H and O–H groups in total. The van der Waals surface area contributed by atoms with Gasteiger partial charge in [-0.2, -0.15) is 0 Å². The van der Waals surface area contributed by atoms with Crippen molar-refractivity contribution in [2.75, 3.05) is 7.11 Å². The predicted molar refractivity (Wildman–Crippen MR) is 129 cm³/mol. The highest BCUT2D eigenvalue weighted by Crippen LogP contribution is 2.50. The zero-order chi connectivity index (χ0) is 23.5. The van der Waals surface area contributed by atoms with Crippen molar-refractivity contribution in [3.8, 4) is 0 Å². The molecule has 4 rings (SSSR count). The number of carbonyl (C=O) groups is 2. The quantitative estimate of drug-likeness (QED) is 0.390. The number of fused-ring (bicyclic) bond motifs is 2. The van der Waals surface area contributed by atoms with Gasteiger partial charge in [0.1, 0.15) is 0 Å². The number of ether oxygens (including phenoxy) is 1. The summed E-state index contributed by atoms with van der Waals surface area (Å²) in [6.07, 6.45) is 4.95. The standard InChI is InChI=1S/C29H34O3/c1-27(2)12-13-28(3,4)24-16-22-21(15-23(24)27)25(30)20(17-29(22,5)6)14-18-8-10-19(11-9-18)26(31)32-7/h8-11,14-16H,12-13,17H2,1-7H3/b20-14+. The summed E-state index contributed by atoms with van der Waals surface area (Å²) in [5.74, 6) is -0.235. The maximum atomic E-state index is 13.6. The number of rotatable bonds is 2. The van der Waals surface area contributed by atoms with E-state index in [9.17, 15) is 9.59 Å². The second kappa shape index (κ2) is 7.43. The minimum Gasteiger partial charge on any atom is -0.465 e. The van der Waals surface area contributed by atoms with Crippen LogP contribution in [0.25, 0.3) is 6.08 Å². The Morgan fingerprint density at radius 2 is 1.41 bits per heavy atom. The number of hydrogen-bond acceptors (Lipinski definition) is 3. The molecule has 0 radical (unpaired) electrons. The third-order valence-corrected chi connectivity index (χ3v) is 7.56. The third kappa shape index (κ3) is 3.72. The van der Waals surface area contributed by atoms with E-state index in [0.717, 1.165) is 29.5 Å². The fourth-order valence-corrected chi connectivity index (χ4v) is 5.34. The minimum atomic E-state index is -0.358. The van der Waals surface area contributed by atoms with Gasteiger partial charge in [0.2, 0.25) is 0 Å². The first-order valence-electron chi connectivity index (χ1n) is 11.5. The Balaban J connectivity index is 1.80. The lowest BCUT2D eigenvalue weighted by Gasteiger charge is -2.44. The van der Waals surface area contributed by atoms with Crippen LogP contribution in [0, 0.1) is 0 Å². The average molecular weight is 431 g/mol. The maximum Gasteiger partial charge on any atom is 0.337 e. The van der Waals surface area contributed by atoms with Crippen molar-refractivity contribution in [3.63, 3.8) is 0 Å². The number of allylic oxidation sites excluding steroid dienone is 1. The molecule has 0 fully saturated rings. The summed E-state index contributed by atoms with van der Waals surface area (Å²) < 4.78 is 4.78. The molecule has 2 aliphatic rings. The topological polar surface area (TPSA) is 43.4 Å². The summed E-state index contributed by atoms with van der Waals surface area (Å²) in [5, 5.41) is 0. The minimum absolute atomic E-state index is 0.0648. The van der Waals surface area contributed by atoms with Crippen LogP contribution in [0.4, 0.5) is 0 Å². The SMILES string of the molecule is COC(=O)c1ccc(/C=C2\CC(C)(C)c3cc4c(cc3C2=O)C(C)(C)CCC4(C)C)cc1. The number of hydrogen-bond donors (Lipinski definition) is 0. The highest BCUT2D eigenvalue weighted by Gasteiger charge is 2.42. The second-order valence-corrected chi connectivity index (χ2v) is 11.4. The number of Topliss-reactive ketones (excluding diaryl/α,β-unsaturated/α-hetero) is 1. The molecule has 0 saturated carbocycles. The summed E-state index contributed by atoms with van der Waals surface area (Å²) >= 11 is 0. The van der Waals surface area contributed by atoms with E-state index in [4.69, 9.17) is 4.74 Å². The van der Waals surface area contributed by atoms with Crippen LogP contribution in [0.15, 0.2) is 42.0 Å². The van der Waals surface area contributed by atoms with Crippen LogP contribution in [0.3, 0.4) is 0 Å². The smallest absolute Gasteiger partial charge is 0.337 e. The summed E-state index contributed by atoms with van der Waals surface area (Å²) in [6, 6.07) is 11.8. The van der Waals surface area contributed by atoms with Crippen LogP contribution in [-0.2, 0) is 21.0 Å². The maximum absolute atomic E-state index is 13.6. The van der Waals surface area contributed by atoms with Gasteiger partial charge in [0, 0.05) is 11.1 Å². The van der Waals surface area contributed by atoms with Crippen molar-refractivity contribution in [1.29, 1.82) is 0 Å². The van der Waals surface area contributed by atoms with E-state index in [1.165, 1.54) is 23.8 Å². The Hall–Kier alpha value is -2.68. The molecule has 32 heavy (non-hydrogen) atoms. The summed E-state index contributed by atoms with van der Waals surface area (Å²) in [4.78, 5) is 25.4. The van der Waals surface area contributed by atoms with Gasteiger partial charge in [0.05, 0.1) is 12.7 Å². The molecule has 0 aliphatic heterocycles. The molecule has 3 nitrogen and oxygen atoms in total. The Bertz CT molecular complexity index is 1130. The van der Waals surface area contributed by atoms with E-state index in [1.54, 1.807) is 12.1 Å². The molecular formula is C29H34O3. The highest BCUT2D eigenvalue weighted by atomic mass is 16.5. The first-order chi connectivity index (χ1) is 14.9. The number of carbonyl (C=O) groups excluding carboxylic acids is 2. The van der Waals surface area contributed by atoms with Gasteiger partial charge in [-0.1, -0.05) is 59.7 Å². The number of benzene rings is 2. The van der Waals surface area contributed by atoms with Crippen LogP contribution in [0.1, 0.15) is 104 Å². The van der Waals surface area contributed by atoms with Crippen LogP contribution in [0.5, 0.6) is 0 Å². The van der Waals surface area contributed by atoms with Gasteiger partial charge in [-0.05, 0) is 82.0 Å². The number of ketones is 1. The molecule has 0 bridgehead atoms. The average Bonchev–Trinajstić information content (AvgIpc) is 2.74. The number of methoxy groups -OCH3 is 1. The molecule has 0 saturated heterocycles. The molecule has 0 unspecified atom stereocenters. The normalized spacial score (nSPS) is 21.6. The Morgan fingerprint density at radius 3 is 1.97 bits per heavy atom. The van der Waals surface area contributed by atoms with Crippen molar-refractivity contribution in [1.82, 2.24) is 0 Å². The third-order valence-electron chi connectivity index (χ3n) is 7.56. The van der Waals surface area contributed by atoms with Crippen molar-refractivity contribution >= 4 is 17.8 Å². The molecule has 0 atom stereocenters. The molecule has 0 spiro atoms. The molecule has 2 aromatic rings. The van der Waals surface area contributed by atoms with Gasteiger partial charge in [-0.3, -0.25) is 4.79 Å². The van der Waals surface area contributed by atoms with Crippen LogP contribution < -0.4 is 0 Å². The van der Waals surface area contributed by atoms with Gasteiger partial charge in [0.25, 0.3) is 0 Å². The van der Waals surface area contributed by atoms with Gasteiger partial charge in [-0.15, -0.1) is 0 Å². The van der Waals surface area contributed by atoms with E-state index in [-0.39, 0.29) is 28.0 Å². The second-order valence-electron chi connectivity index (χ2n) is 11.4. The Kier molecular flexibility index (Phi) is 5.23. The van der Waals surface area contributed by atoms with E-state index < -0.39 is 0 Å².